The second-order valence-electron chi connectivity index (χ2n) is 4.86. The predicted octanol–water partition coefficient (Wildman–Crippen LogP) is 3.16. The molecule has 0 bridgehead atoms. The van der Waals surface area contributed by atoms with Gasteiger partial charge in [0.15, 0.2) is 0 Å². The maximum atomic E-state index is 9.73. The van der Waals surface area contributed by atoms with Crippen LogP contribution in [0, 0.1) is 6.92 Å². The van der Waals surface area contributed by atoms with Crippen molar-refractivity contribution in [1.29, 1.82) is 0 Å². The van der Waals surface area contributed by atoms with Crippen molar-refractivity contribution in [3.05, 3.63) is 53.6 Å². The minimum absolute atomic E-state index is 0.0442. The highest BCUT2D eigenvalue weighted by Gasteiger charge is 2.16. The number of ether oxygens (including phenoxy) is 2. The highest BCUT2D eigenvalue weighted by molar-refractivity contribution is 5.51. The molecule has 0 saturated carbocycles. The zero-order valence-corrected chi connectivity index (χ0v) is 12.6. The highest BCUT2D eigenvalue weighted by Crippen LogP contribution is 2.31. The molecule has 0 spiro atoms. The lowest BCUT2D eigenvalue weighted by atomic mass is 10.0. The van der Waals surface area contributed by atoms with Gasteiger partial charge in [-0.25, -0.2) is 0 Å². The van der Waals surface area contributed by atoms with Gasteiger partial charge in [0.1, 0.15) is 11.5 Å². The lowest BCUT2D eigenvalue weighted by Crippen LogP contribution is -2.16. The van der Waals surface area contributed by atoms with Gasteiger partial charge in [-0.3, -0.25) is 0 Å². The molecule has 0 aliphatic rings. The van der Waals surface area contributed by atoms with E-state index in [0.717, 1.165) is 28.3 Å². The standard InChI is InChI=1S/C17H21NO3/c1-12-5-4-6-13(9-12)18-16(11-19)15-10-14(20-2)7-8-17(15)21-3/h4-10,16,18-19H,11H2,1-3H3. The molecule has 21 heavy (non-hydrogen) atoms. The minimum atomic E-state index is -0.267. The second-order valence-corrected chi connectivity index (χ2v) is 4.86. The molecule has 1 unspecified atom stereocenters. The van der Waals surface area contributed by atoms with Crippen LogP contribution in [0.2, 0.25) is 0 Å². The molecule has 112 valence electrons. The Morgan fingerprint density at radius 1 is 1.10 bits per heavy atom. The largest absolute Gasteiger partial charge is 0.497 e. The molecule has 0 amide bonds. The number of nitrogens with one attached hydrogen (secondary N) is 1. The highest BCUT2D eigenvalue weighted by atomic mass is 16.5. The fourth-order valence-electron chi connectivity index (χ4n) is 2.27. The van der Waals surface area contributed by atoms with Gasteiger partial charge in [0.25, 0.3) is 0 Å². The number of aliphatic hydroxyl groups is 1. The number of hydrogen-bond acceptors (Lipinski definition) is 4. The van der Waals surface area contributed by atoms with E-state index in [1.54, 1.807) is 14.2 Å². The van der Waals surface area contributed by atoms with Crippen LogP contribution in [-0.2, 0) is 0 Å². The van der Waals surface area contributed by atoms with Crippen LogP contribution in [0.15, 0.2) is 42.5 Å². The van der Waals surface area contributed by atoms with Gasteiger partial charge in [0.05, 0.1) is 26.9 Å². The van der Waals surface area contributed by atoms with Crippen molar-refractivity contribution in [2.45, 2.75) is 13.0 Å². The van der Waals surface area contributed by atoms with E-state index in [0.29, 0.717) is 0 Å². The van der Waals surface area contributed by atoms with Crippen LogP contribution in [0.1, 0.15) is 17.2 Å². The third-order valence-corrected chi connectivity index (χ3v) is 3.35. The van der Waals surface area contributed by atoms with Crippen molar-refractivity contribution in [3.63, 3.8) is 0 Å². The number of hydrogen-bond donors (Lipinski definition) is 2. The Morgan fingerprint density at radius 3 is 2.52 bits per heavy atom. The number of aliphatic hydroxyl groups excluding tert-OH is 1. The molecule has 0 fully saturated rings. The van der Waals surface area contributed by atoms with Crippen LogP contribution in [0.25, 0.3) is 0 Å². The van der Waals surface area contributed by atoms with Crippen LogP contribution < -0.4 is 14.8 Å². The van der Waals surface area contributed by atoms with Gasteiger partial charge in [-0.15, -0.1) is 0 Å². The van der Waals surface area contributed by atoms with Crippen molar-refractivity contribution in [1.82, 2.24) is 0 Å². The average molecular weight is 287 g/mol. The first-order valence-electron chi connectivity index (χ1n) is 6.84. The molecular formula is C17H21NO3. The van der Waals surface area contributed by atoms with Gasteiger partial charge >= 0.3 is 0 Å². The maximum absolute atomic E-state index is 9.73. The Morgan fingerprint density at radius 2 is 1.90 bits per heavy atom. The SMILES string of the molecule is COc1ccc(OC)c(C(CO)Nc2cccc(C)c2)c1. The molecule has 1 atom stereocenters. The summed E-state index contributed by atoms with van der Waals surface area (Å²) in [6.45, 7) is 1.99. The van der Waals surface area contributed by atoms with Gasteiger partial charge in [0.2, 0.25) is 0 Å². The van der Waals surface area contributed by atoms with Crippen LogP contribution in [-0.4, -0.2) is 25.9 Å². The number of aryl methyl sites for hydroxylation is 1. The predicted molar refractivity (Wildman–Crippen MR) is 84.2 cm³/mol. The third-order valence-electron chi connectivity index (χ3n) is 3.35. The molecule has 4 nitrogen and oxygen atoms in total. The summed E-state index contributed by atoms with van der Waals surface area (Å²) in [5.74, 6) is 1.45. The molecule has 2 rings (SSSR count). The normalized spacial score (nSPS) is 11.8. The number of benzene rings is 2. The summed E-state index contributed by atoms with van der Waals surface area (Å²) < 4.78 is 10.6. The molecular weight excluding hydrogens is 266 g/mol. The minimum Gasteiger partial charge on any atom is -0.497 e. The van der Waals surface area contributed by atoms with E-state index in [-0.39, 0.29) is 12.6 Å². The van der Waals surface area contributed by atoms with Crippen molar-refractivity contribution < 1.29 is 14.6 Å². The molecule has 2 aromatic carbocycles. The Kier molecular flexibility index (Phi) is 5.06. The van der Waals surface area contributed by atoms with E-state index in [9.17, 15) is 5.11 Å². The summed E-state index contributed by atoms with van der Waals surface area (Å²) in [5, 5.41) is 13.1. The third kappa shape index (κ3) is 3.67. The van der Waals surface area contributed by atoms with Crippen molar-refractivity contribution in [3.8, 4) is 11.5 Å². The molecule has 2 N–H and O–H groups in total. The first-order valence-corrected chi connectivity index (χ1v) is 6.84. The summed E-state index contributed by atoms with van der Waals surface area (Å²) in [6, 6.07) is 13.3. The van der Waals surface area contributed by atoms with E-state index >= 15 is 0 Å². The van der Waals surface area contributed by atoms with E-state index in [2.05, 4.69) is 5.32 Å². The number of methoxy groups -OCH3 is 2. The summed E-state index contributed by atoms with van der Waals surface area (Å²) >= 11 is 0. The van der Waals surface area contributed by atoms with E-state index in [4.69, 9.17) is 9.47 Å². The van der Waals surface area contributed by atoms with Gasteiger partial charge in [-0.2, -0.15) is 0 Å². The van der Waals surface area contributed by atoms with Gasteiger partial charge in [-0.1, -0.05) is 12.1 Å². The van der Waals surface area contributed by atoms with Crippen LogP contribution in [0.5, 0.6) is 11.5 Å². The van der Waals surface area contributed by atoms with Gasteiger partial charge < -0.3 is 19.9 Å². The first kappa shape index (κ1) is 15.2. The quantitative estimate of drug-likeness (QED) is 0.857. The van der Waals surface area contributed by atoms with Crippen molar-refractivity contribution in [2.24, 2.45) is 0 Å². The van der Waals surface area contributed by atoms with E-state index in [1.807, 2.05) is 49.4 Å². The Bertz CT molecular complexity index is 598. The Labute approximate surface area is 125 Å². The molecule has 0 saturated heterocycles. The van der Waals surface area contributed by atoms with E-state index < -0.39 is 0 Å². The summed E-state index contributed by atoms with van der Waals surface area (Å²) in [4.78, 5) is 0. The smallest absolute Gasteiger partial charge is 0.124 e. The van der Waals surface area contributed by atoms with Crippen LogP contribution >= 0.6 is 0 Å². The van der Waals surface area contributed by atoms with E-state index in [1.165, 1.54) is 0 Å². The molecule has 0 heterocycles. The maximum Gasteiger partial charge on any atom is 0.124 e. The average Bonchev–Trinajstić information content (AvgIpc) is 2.52. The molecule has 0 aliphatic carbocycles. The van der Waals surface area contributed by atoms with Crippen LogP contribution in [0.3, 0.4) is 0 Å². The Hall–Kier alpha value is -2.20. The topological polar surface area (TPSA) is 50.7 Å². The van der Waals surface area contributed by atoms with Crippen molar-refractivity contribution >= 4 is 5.69 Å². The lowest BCUT2D eigenvalue weighted by molar-refractivity contribution is 0.272. The fourth-order valence-corrected chi connectivity index (χ4v) is 2.27. The first-order chi connectivity index (χ1) is 10.2. The number of rotatable bonds is 6. The monoisotopic (exact) mass is 287 g/mol. The summed E-state index contributed by atoms with van der Waals surface area (Å²) in [5.41, 5.74) is 2.98. The zero-order chi connectivity index (χ0) is 15.2. The summed E-state index contributed by atoms with van der Waals surface area (Å²) in [7, 11) is 3.24. The second kappa shape index (κ2) is 6.99. The van der Waals surface area contributed by atoms with Gasteiger partial charge in [0, 0.05) is 11.3 Å². The zero-order valence-electron chi connectivity index (χ0n) is 12.6. The summed E-state index contributed by atoms with van der Waals surface area (Å²) in [6.07, 6.45) is 0. The molecule has 0 aromatic heterocycles. The Balaban J connectivity index is 2.32. The fraction of sp³-hybridized carbons (Fsp3) is 0.294. The van der Waals surface area contributed by atoms with Crippen LogP contribution in [0.4, 0.5) is 5.69 Å². The molecule has 0 radical (unpaired) electrons. The molecule has 4 heteroatoms. The molecule has 2 aromatic rings. The molecule has 0 aliphatic heterocycles. The number of anilines is 1. The van der Waals surface area contributed by atoms with Crippen molar-refractivity contribution in [2.75, 3.05) is 26.1 Å². The van der Waals surface area contributed by atoms with Gasteiger partial charge in [-0.05, 0) is 42.8 Å². The lowest BCUT2D eigenvalue weighted by Gasteiger charge is -2.21.